The summed E-state index contributed by atoms with van der Waals surface area (Å²) >= 11 is 0. The molecule has 32 heavy (non-hydrogen) atoms. The lowest BCUT2D eigenvalue weighted by atomic mass is 10.2. The molecule has 0 saturated carbocycles. The number of aromatic nitrogens is 2. The van der Waals surface area contributed by atoms with Gasteiger partial charge in [-0.15, -0.1) is 0 Å². The van der Waals surface area contributed by atoms with Gasteiger partial charge in [0.1, 0.15) is 18.3 Å². The molecule has 0 spiro atoms. The molecule has 2 rings (SSSR count). The number of aromatic amines is 1. The van der Waals surface area contributed by atoms with E-state index in [0.29, 0.717) is 0 Å². The van der Waals surface area contributed by atoms with E-state index in [-0.39, 0.29) is 12.4 Å². The molecule has 3 unspecified atom stereocenters. The Morgan fingerprint density at radius 3 is 2.47 bits per heavy atom. The third kappa shape index (κ3) is 9.16. The van der Waals surface area contributed by atoms with Gasteiger partial charge in [-0.2, -0.15) is 8.62 Å². The van der Waals surface area contributed by atoms with Crippen molar-refractivity contribution in [2.75, 3.05) is 18.8 Å². The Kier molecular flexibility index (Phi) is 9.98. The topological polar surface area (TPSA) is 233 Å². The summed E-state index contributed by atoms with van der Waals surface area (Å²) in [7, 11) is -13.8. The molecule has 1 aromatic rings. The van der Waals surface area contributed by atoms with Crippen LogP contribution < -0.4 is 11.2 Å². The summed E-state index contributed by atoms with van der Waals surface area (Å²) in [4.78, 5) is 61.2. The fourth-order valence-electron chi connectivity index (χ4n) is 2.48. The van der Waals surface area contributed by atoms with Gasteiger partial charge in [0.05, 0.1) is 12.7 Å². The number of phosphoric acid groups is 3. The predicted octanol–water partition coefficient (Wildman–Crippen LogP) is 0.521. The van der Waals surface area contributed by atoms with E-state index in [4.69, 9.17) is 19.3 Å². The lowest BCUT2D eigenvalue weighted by molar-refractivity contribution is -0.0543. The Hall–Kier alpha value is -0.290. The van der Waals surface area contributed by atoms with Crippen LogP contribution in [0.25, 0.3) is 0 Å². The Morgan fingerprint density at radius 1 is 1.19 bits per heavy atom. The van der Waals surface area contributed by atoms with E-state index in [1.165, 1.54) is 27.8 Å². The second kappa shape index (κ2) is 11.4. The molecule has 1 saturated heterocycles. The number of H-pyrrole nitrogens is 1. The van der Waals surface area contributed by atoms with Crippen LogP contribution in [0.2, 0.25) is 0 Å². The van der Waals surface area contributed by atoms with Crippen LogP contribution in [0.3, 0.4) is 0 Å². The van der Waals surface area contributed by atoms with Gasteiger partial charge in [0.15, 0.2) is 0 Å². The minimum atomic E-state index is -5.66. The van der Waals surface area contributed by atoms with Crippen molar-refractivity contribution in [2.24, 2.45) is 0 Å². The largest absolute Gasteiger partial charge is 0.490 e. The smallest absolute Gasteiger partial charge is 0.364 e. The molecule has 5 N–H and O–H groups in total. The summed E-state index contributed by atoms with van der Waals surface area (Å²) in [5.41, 5.74) is -1.40. The van der Waals surface area contributed by atoms with E-state index in [1.54, 1.807) is 6.26 Å². The number of nitrogens with one attached hydrogen (secondary N) is 1. The Labute approximate surface area is 187 Å². The zero-order valence-electron chi connectivity index (χ0n) is 16.0. The molecule has 0 bridgehead atoms. The van der Waals surface area contributed by atoms with Crippen molar-refractivity contribution in [3.63, 3.8) is 0 Å². The molecule has 16 nitrogen and oxygen atoms in total. The molecule has 21 heteroatoms. The minimum absolute atomic E-state index is 0.0747. The summed E-state index contributed by atoms with van der Waals surface area (Å²) in [6.07, 6.45) is 0.264. The normalized spacial score (nSPS) is 25.3. The molecule has 2 heterocycles. The van der Waals surface area contributed by atoms with Crippen LogP contribution in [-0.4, -0.2) is 60.1 Å². The summed E-state index contributed by atoms with van der Waals surface area (Å²) in [6, 6.07) is 1.09. The SMILES string of the molecule is CSSCO[C@H]1CC(n2ccc(=O)[nH]c2=O)O[C@@H]1COP(=O)(O)OP(=O)(O)OP(=O)(O)O. The van der Waals surface area contributed by atoms with Crippen molar-refractivity contribution < 1.29 is 55.9 Å². The molecular formula is C11H19N2O14P3S2. The number of phosphoric ester groups is 1. The Bertz CT molecular complexity index is 1040. The summed E-state index contributed by atoms with van der Waals surface area (Å²) in [5, 5.41) is 0. The molecular weight excluding hydrogens is 541 g/mol. The average Bonchev–Trinajstić information content (AvgIpc) is 3.00. The highest BCUT2D eigenvalue weighted by Gasteiger charge is 2.43. The second-order valence-electron chi connectivity index (χ2n) is 5.88. The Morgan fingerprint density at radius 2 is 1.88 bits per heavy atom. The van der Waals surface area contributed by atoms with E-state index in [1.807, 2.05) is 4.98 Å². The number of hydrogen-bond acceptors (Lipinski definition) is 12. The number of hydrogen-bond donors (Lipinski definition) is 5. The lowest BCUT2D eigenvalue weighted by Crippen LogP contribution is -2.31. The molecule has 0 aromatic carbocycles. The van der Waals surface area contributed by atoms with Gasteiger partial charge in [0, 0.05) is 18.7 Å². The first kappa shape index (κ1) is 28.0. The molecule has 184 valence electrons. The van der Waals surface area contributed by atoms with E-state index in [2.05, 4.69) is 13.1 Å². The van der Waals surface area contributed by atoms with Gasteiger partial charge >= 0.3 is 29.2 Å². The molecule has 0 aliphatic carbocycles. The van der Waals surface area contributed by atoms with E-state index in [0.717, 1.165) is 10.6 Å². The Balaban J connectivity index is 2.09. The van der Waals surface area contributed by atoms with Crippen molar-refractivity contribution in [1.29, 1.82) is 0 Å². The van der Waals surface area contributed by atoms with E-state index < -0.39 is 59.8 Å². The molecule has 1 aromatic heterocycles. The average molecular weight is 560 g/mol. The molecule has 5 atom stereocenters. The van der Waals surface area contributed by atoms with Crippen LogP contribution in [0.15, 0.2) is 21.9 Å². The van der Waals surface area contributed by atoms with Crippen molar-refractivity contribution in [3.8, 4) is 0 Å². The molecule has 0 radical (unpaired) electrons. The van der Waals surface area contributed by atoms with Gasteiger partial charge < -0.3 is 29.0 Å². The highest BCUT2D eigenvalue weighted by Crippen LogP contribution is 2.66. The molecule has 0 amide bonds. The van der Waals surface area contributed by atoms with Gasteiger partial charge in [0.2, 0.25) is 0 Å². The zero-order valence-corrected chi connectivity index (χ0v) is 20.3. The molecule has 1 fully saturated rings. The fourth-order valence-corrected chi connectivity index (χ4v) is 6.30. The second-order valence-corrected chi connectivity index (χ2v) is 12.8. The van der Waals surface area contributed by atoms with Gasteiger partial charge in [-0.05, 0) is 6.26 Å². The van der Waals surface area contributed by atoms with E-state index in [9.17, 15) is 33.1 Å². The lowest BCUT2D eigenvalue weighted by Gasteiger charge is -2.21. The van der Waals surface area contributed by atoms with Crippen molar-refractivity contribution in [2.45, 2.75) is 24.9 Å². The standard InChI is InChI=1S/C11H19N2O14P3S2/c1-31-32-6-23-7-4-10(13-3-2-9(14)12-11(13)15)25-8(7)5-24-29(19,20)27-30(21,22)26-28(16,17)18/h2-3,7-8,10H,4-6H2,1H3,(H,19,20)(H,21,22)(H,12,14,15)(H2,16,17,18)/t7-,8+,10?/m0/s1. The molecule has 1 aliphatic heterocycles. The van der Waals surface area contributed by atoms with Crippen LogP contribution in [0.4, 0.5) is 0 Å². The highest BCUT2D eigenvalue weighted by atomic mass is 33.1. The van der Waals surface area contributed by atoms with Crippen LogP contribution in [0.1, 0.15) is 12.6 Å². The zero-order chi connectivity index (χ0) is 24.2. The van der Waals surface area contributed by atoms with E-state index >= 15 is 0 Å². The van der Waals surface area contributed by atoms with Crippen LogP contribution in [0.5, 0.6) is 0 Å². The summed E-state index contributed by atoms with van der Waals surface area (Å²) in [6.45, 7) is -0.743. The number of rotatable bonds is 12. The maximum Gasteiger partial charge on any atom is 0.490 e. The monoisotopic (exact) mass is 560 g/mol. The summed E-state index contributed by atoms with van der Waals surface area (Å²) < 4.78 is 58.2. The maximum absolute atomic E-state index is 12.0. The molecule has 1 aliphatic rings. The van der Waals surface area contributed by atoms with Gasteiger partial charge in [-0.25, -0.2) is 18.5 Å². The van der Waals surface area contributed by atoms with Crippen molar-refractivity contribution >= 4 is 45.1 Å². The third-order valence-electron chi connectivity index (χ3n) is 3.61. The van der Waals surface area contributed by atoms with Crippen LogP contribution in [-0.2, 0) is 36.3 Å². The van der Waals surface area contributed by atoms with Crippen molar-refractivity contribution in [3.05, 3.63) is 33.1 Å². The third-order valence-corrected chi connectivity index (χ3v) is 8.87. The van der Waals surface area contributed by atoms with Crippen molar-refractivity contribution in [1.82, 2.24) is 9.55 Å². The van der Waals surface area contributed by atoms with Gasteiger partial charge in [-0.1, -0.05) is 21.6 Å². The predicted molar refractivity (Wildman–Crippen MR) is 111 cm³/mol. The van der Waals surface area contributed by atoms with Gasteiger partial charge in [-0.3, -0.25) is 18.9 Å². The van der Waals surface area contributed by atoms with Gasteiger partial charge in [0.25, 0.3) is 5.56 Å². The fraction of sp³-hybridized carbons (Fsp3) is 0.636. The number of nitrogens with zero attached hydrogens (tertiary/aromatic N) is 1. The first-order chi connectivity index (χ1) is 14.7. The van der Waals surface area contributed by atoms with Crippen LogP contribution in [0, 0.1) is 0 Å². The quantitative estimate of drug-likeness (QED) is 0.101. The van der Waals surface area contributed by atoms with Crippen LogP contribution >= 0.6 is 45.1 Å². The summed E-state index contributed by atoms with van der Waals surface area (Å²) in [5.74, 6) is 0.175. The minimum Gasteiger partial charge on any atom is -0.364 e. The maximum atomic E-state index is 12.0. The highest BCUT2D eigenvalue weighted by molar-refractivity contribution is 8.76. The first-order valence-electron chi connectivity index (χ1n) is 8.24. The number of ether oxygens (including phenoxy) is 2. The first-order valence-corrected chi connectivity index (χ1v) is 15.5.